The maximum Gasteiger partial charge on any atom is 0.255 e. The Bertz CT molecular complexity index is 853. The van der Waals surface area contributed by atoms with Crippen LogP contribution in [0.25, 0.3) is 5.57 Å². The number of ether oxygens (including phenoxy) is 2. The molecular weight excluding hydrogens is 340 g/mol. The number of carbonyl (C=O) groups is 1. The van der Waals surface area contributed by atoms with Crippen LogP contribution in [0.5, 0.6) is 0 Å². The molecular formula is C22H24N2O3. The summed E-state index contributed by atoms with van der Waals surface area (Å²) in [5, 5.41) is 0. The van der Waals surface area contributed by atoms with Crippen LogP contribution in [-0.2, 0) is 9.47 Å². The van der Waals surface area contributed by atoms with E-state index in [1.165, 1.54) is 29.6 Å². The van der Waals surface area contributed by atoms with Gasteiger partial charge in [-0.05, 0) is 60.1 Å². The van der Waals surface area contributed by atoms with Gasteiger partial charge in [0.05, 0.1) is 36.8 Å². The molecule has 1 amide bonds. The number of nitrogens with zero attached hydrogens (tertiary/aromatic N) is 2. The Morgan fingerprint density at radius 2 is 2.11 bits per heavy atom. The van der Waals surface area contributed by atoms with E-state index >= 15 is 0 Å². The molecule has 0 aromatic carbocycles. The first kappa shape index (κ1) is 16.8. The monoisotopic (exact) mass is 364 g/mol. The molecule has 5 heteroatoms. The second kappa shape index (κ2) is 6.97. The number of hydrogen-bond donors (Lipinski definition) is 0. The molecule has 1 aromatic rings. The molecule has 4 aliphatic rings. The van der Waals surface area contributed by atoms with Crippen LogP contribution in [0.2, 0.25) is 0 Å². The molecule has 0 bridgehead atoms. The van der Waals surface area contributed by atoms with Gasteiger partial charge in [-0.25, -0.2) is 0 Å². The van der Waals surface area contributed by atoms with Crippen LogP contribution in [-0.4, -0.2) is 41.1 Å². The van der Waals surface area contributed by atoms with E-state index < -0.39 is 0 Å². The van der Waals surface area contributed by atoms with Crippen LogP contribution < -0.4 is 0 Å². The molecule has 140 valence electrons. The van der Waals surface area contributed by atoms with Gasteiger partial charge in [-0.1, -0.05) is 12.8 Å². The van der Waals surface area contributed by atoms with Crippen molar-refractivity contribution in [3.8, 4) is 0 Å². The molecule has 0 radical (unpaired) electrons. The van der Waals surface area contributed by atoms with Crippen LogP contribution in [0.1, 0.15) is 54.4 Å². The summed E-state index contributed by atoms with van der Waals surface area (Å²) in [5.74, 6) is 0.0893. The van der Waals surface area contributed by atoms with E-state index in [9.17, 15) is 4.79 Å². The Kier molecular flexibility index (Phi) is 4.32. The molecule has 27 heavy (non-hydrogen) atoms. The van der Waals surface area contributed by atoms with Gasteiger partial charge in [-0.15, -0.1) is 0 Å². The SMILES string of the molecule is O=C(c1cncc(C2=C3C=COC=C3CC2)c1)N1CCOC2CCCCC21. The van der Waals surface area contributed by atoms with Crippen molar-refractivity contribution in [3.63, 3.8) is 0 Å². The minimum Gasteiger partial charge on any atom is -0.472 e. The summed E-state index contributed by atoms with van der Waals surface area (Å²) in [5.41, 5.74) is 5.41. The Balaban J connectivity index is 1.44. The van der Waals surface area contributed by atoms with Crippen LogP contribution in [0.15, 0.2) is 48.2 Å². The fraction of sp³-hybridized carbons (Fsp3) is 0.455. The largest absolute Gasteiger partial charge is 0.472 e. The molecule has 2 unspecified atom stereocenters. The molecule has 5 rings (SSSR count). The fourth-order valence-electron chi connectivity index (χ4n) is 4.82. The maximum absolute atomic E-state index is 13.3. The summed E-state index contributed by atoms with van der Waals surface area (Å²) in [6.07, 6.45) is 15.7. The summed E-state index contributed by atoms with van der Waals surface area (Å²) in [6, 6.07) is 2.22. The van der Waals surface area contributed by atoms with E-state index in [1.807, 2.05) is 29.5 Å². The van der Waals surface area contributed by atoms with Gasteiger partial charge in [-0.2, -0.15) is 0 Å². The van der Waals surface area contributed by atoms with Gasteiger partial charge in [0.15, 0.2) is 0 Å². The topological polar surface area (TPSA) is 51.7 Å². The molecule has 2 fully saturated rings. The lowest BCUT2D eigenvalue weighted by atomic mass is 9.89. The van der Waals surface area contributed by atoms with Crippen LogP contribution >= 0.6 is 0 Å². The average molecular weight is 364 g/mol. The number of rotatable bonds is 2. The number of amides is 1. The van der Waals surface area contributed by atoms with Crippen LogP contribution in [0.4, 0.5) is 0 Å². The third-order valence-electron chi connectivity index (χ3n) is 6.17. The molecule has 3 heterocycles. The van der Waals surface area contributed by atoms with Crippen molar-refractivity contribution in [2.45, 2.75) is 50.7 Å². The van der Waals surface area contributed by atoms with E-state index in [-0.39, 0.29) is 18.1 Å². The standard InChI is InChI=1S/C22H24N2O3/c25-22(24-8-10-27-21-4-2-1-3-20(21)24)17-11-16(12-23-13-17)18-6-5-15-14-26-9-7-19(15)18/h7,9,11-14,20-21H,1-6,8,10H2. The highest BCUT2D eigenvalue weighted by Crippen LogP contribution is 2.40. The zero-order chi connectivity index (χ0) is 18.2. The Morgan fingerprint density at radius 1 is 1.19 bits per heavy atom. The highest BCUT2D eigenvalue weighted by Gasteiger charge is 2.37. The van der Waals surface area contributed by atoms with E-state index in [1.54, 1.807) is 12.5 Å². The second-order valence-corrected chi connectivity index (χ2v) is 7.70. The lowest BCUT2D eigenvalue weighted by Crippen LogP contribution is -2.54. The predicted octanol–water partition coefficient (Wildman–Crippen LogP) is 3.84. The lowest BCUT2D eigenvalue weighted by Gasteiger charge is -2.43. The molecule has 1 saturated carbocycles. The van der Waals surface area contributed by atoms with E-state index in [4.69, 9.17) is 9.47 Å². The highest BCUT2D eigenvalue weighted by atomic mass is 16.5. The Morgan fingerprint density at radius 3 is 3.07 bits per heavy atom. The normalized spacial score (nSPS) is 27.0. The lowest BCUT2D eigenvalue weighted by molar-refractivity contribution is -0.0752. The smallest absolute Gasteiger partial charge is 0.255 e. The summed E-state index contributed by atoms with van der Waals surface area (Å²) < 4.78 is 11.2. The number of pyridine rings is 1. The Labute approximate surface area is 159 Å². The first-order valence-electron chi connectivity index (χ1n) is 9.94. The minimum atomic E-state index is 0.0893. The molecule has 1 saturated heterocycles. The molecule has 2 aliphatic carbocycles. The quantitative estimate of drug-likeness (QED) is 0.800. The van der Waals surface area contributed by atoms with Crippen LogP contribution in [0, 0.1) is 0 Å². The molecule has 0 spiro atoms. The highest BCUT2D eigenvalue weighted by molar-refractivity contribution is 5.95. The number of aromatic nitrogens is 1. The van der Waals surface area contributed by atoms with E-state index in [0.29, 0.717) is 18.7 Å². The van der Waals surface area contributed by atoms with Crippen molar-refractivity contribution in [1.29, 1.82) is 0 Å². The van der Waals surface area contributed by atoms with Crippen molar-refractivity contribution in [1.82, 2.24) is 9.88 Å². The minimum absolute atomic E-state index is 0.0893. The molecule has 5 nitrogen and oxygen atoms in total. The third kappa shape index (κ3) is 3.00. The second-order valence-electron chi connectivity index (χ2n) is 7.70. The number of allylic oxidation sites excluding steroid dienone is 4. The van der Waals surface area contributed by atoms with E-state index in [2.05, 4.69) is 4.98 Å². The number of morpholine rings is 1. The number of carbonyl (C=O) groups excluding carboxylic acids is 1. The molecule has 1 aromatic heterocycles. The van der Waals surface area contributed by atoms with Gasteiger partial charge < -0.3 is 14.4 Å². The first-order chi connectivity index (χ1) is 13.3. The summed E-state index contributed by atoms with van der Waals surface area (Å²) in [6.45, 7) is 1.30. The van der Waals surface area contributed by atoms with Gasteiger partial charge in [0.25, 0.3) is 5.91 Å². The predicted molar refractivity (Wildman–Crippen MR) is 102 cm³/mol. The van der Waals surface area contributed by atoms with Crippen molar-refractivity contribution in [3.05, 3.63) is 59.3 Å². The van der Waals surface area contributed by atoms with Crippen molar-refractivity contribution in [2.75, 3.05) is 13.2 Å². The first-order valence-corrected chi connectivity index (χ1v) is 9.94. The third-order valence-corrected chi connectivity index (χ3v) is 6.17. The van der Waals surface area contributed by atoms with E-state index in [0.717, 1.165) is 31.2 Å². The molecule has 2 atom stereocenters. The van der Waals surface area contributed by atoms with Crippen molar-refractivity contribution >= 4 is 11.5 Å². The van der Waals surface area contributed by atoms with Gasteiger partial charge in [-0.3, -0.25) is 9.78 Å². The van der Waals surface area contributed by atoms with Gasteiger partial charge in [0, 0.05) is 18.9 Å². The van der Waals surface area contributed by atoms with Crippen LogP contribution in [0.3, 0.4) is 0 Å². The summed E-state index contributed by atoms with van der Waals surface area (Å²) in [7, 11) is 0. The molecule has 0 N–H and O–H groups in total. The van der Waals surface area contributed by atoms with Gasteiger partial charge >= 0.3 is 0 Å². The Hall–Kier alpha value is -2.40. The zero-order valence-electron chi connectivity index (χ0n) is 15.4. The maximum atomic E-state index is 13.3. The van der Waals surface area contributed by atoms with Crippen molar-refractivity contribution in [2.24, 2.45) is 0 Å². The van der Waals surface area contributed by atoms with Gasteiger partial charge in [0.2, 0.25) is 0 Å². The zero-order valence-corrected chi connectivity index (χ0v) is 15.4. The number of fused-ring (bicyclic) bond motifs is 2. The van der Waals surface area contributed by atoms with Gasteiger partial charge in [0.1, 0.15) is 0 Å². The summed E-state index contributed by atoms with van der Waals surface area (Å²) >= 11 is 0. The summed E-state index contributed by atoms with van der Waals surface area (Å²) in [4.78, 5) is 19.7. The molecule has 2 aliphatic heterocycles. The fourth-order valence-corrected chi connectivity index (χ4v) is 4.82. The average Bonchev–Trinajstić information content (AvgIpc) is 3.17. The number of hydrogen-bond acceptors (Lipinski definition) is 4. The van der Waals surface area contributed by atoms with Crippen molar-refractivity contribution < 1.29 is 14.3 Å².